The van der Waals surface area contributed by atoms with E-state index in [-0.39, 0.29) is 0 Å². The zero-order valence-electron chi connectivity index (χ0n) is 18.4. The lowest BCUT2D eigenvalue weighted by molar-refractivity contribution is 0.239. The maximum atomic E-state index is 5.09. The van der Waals surface area contributed by atoms with Crippen molar-refractivity contribution < 1.29 is 4.84 Å². The minimum Gasteiger partial charge on any atom is -0.382 e. The molecule has 1 aliphatic rings. The lowest BCUT2D eigenvalue weighted by Crippen LogP contribution is -2.13. The van der Waals surface area contributed by atoms with Gasteiger partial charge in [0.2, 0.25) is 0 Å². The highest BCUT2D eigenvalue weighted by atomic mass is 16.6. The molecule has 4 aromatic carbocycles. The van der Waals surface area contributed by atoms with E-state index in [0.717, 1.165) is 28.0 Å². The van der Waals surface area contributed by atoms with Gasteiger partial charge in [0.15, 0.2) is 23.2 Å². The van der Waals surface area contributed by atoms with Crippen molar-refractivity contribution in [3.05, 3.63) is 127 Å². The first-order valence-electron chi connectivity index (χ1n) is 11.0. The maximum Gasteiger partial charge on any atom is 0.164 e. The standard InChI is InChI=1S/C21H15N3.C8H7NO/c1-4-10-16(11-5-1)19-22-20(17-12-6-2-7-13-17)24-21(23-19)18-14-8-3-9-15-18;1-2-4-8-7(3-1)5-6-9-10-8/h1-15H;1-6,9H. The predicted molar refractivity (Wildman–Crippen MR) is 135 cm³/mol. The highest BCUT2D eigenvalue weighted by Gasteiger charge is 2.11. The van der Waals surface area contributed by atoms with Crippen LogP contribution < -0.4 is 10.3 Å². The number of aromatic nitrogens is 3. The van der Waals surface area contributed by atoms with E-state index in [1.54, 1.807) is 6.20 Å². The van der Waals surface area contributed by atoms with E-state index in [2.05, 4.69) is 20.4 Å². The van der Waals surface area contributed by atoms with Crippen molar-refractivity contribution in [3.8, 4) is 39.9 Å². The molecule has 2 heterocycles. The Labute approximate surface area is 198 Å². The largest absolute Gasteiger partial charge is 0.382 e. The molecular formula is C29H22N4O. The summed E-state index contributed by atoms with van der Waals surface area (Å²) in [6.45, 7) is 0. The highest BCUT2D eigenvalue weighted by molar-refractivity contribution is 5.66. The normalized spacial score (nSPS) is 11.3. The van der Waals surface area contributed by atoms with Gasteiger partial charge >= 0.3 is 0 Å². The van der Waals surface area contributed by atoms with Gasteiger partial charge in [-0.25, -0.2) is 20.4 Å². The van der Waals surface area contributed by atoms with Gasteiger partial charge in [0.05, 0.1) is 0 Å². The van der Waals surface area contributed by atoms with Crippen LogP contribution in [0.5, 0.6) is 5.75 Å². The Hall–Kier alpha value is -4.77. The number of fused-ring (bicyclic) bond motifs is 1. The predicted octanol–water partition coefficient (Wildman–Crippen LogP) is 6.43. The minimum atomic E-state index is 0.684. The molecule has 164 valence electrons. The van der Waals surface area contributed by atoms with E-state index in [4.69, 9.17) is 4.84 Å². The molecule has 0 amide bonds. The van der Waals surface area contributed by atoms with E-state index in [1.807, 2.05) is 121 Å². The van der Waals surface area contributed by atoms with Gasteiger partial charge in [-0.1, -0.05) is 109 Å². The molecule has 0 aliphatic carbocycles. The number of hydrogen-bond donors (Lipinski definition) is 1. The Morgan fingerprint density at radius 1 is 0.471 bits per heavy atom. The number of benzene rings is 4. The minimum absolute atomic E-state index is 0.684. The Bertz CT molecular complexity index is 1250. The van der Waals surface area contributed by atoms with Crippen LogP contribution in [0, 0.1) is 0 Å². The summed E-state index contributed by atoms with van der Waals surface area (Å²) >= 11 is 0. The second kappa shape index (κ2) is 10.2. The molecule has 5 nitrogen and oxygen atoms in total. The Balaban J connectivity index is 0.000000200. The summed E-state index contributed by atoms with van der Waals surface area (Å²) in [6.07, 6.45) is 3.74. The number of rotatable bonds is 3. The quantitative estimate of drug-likeness (QED) is 0.349. The smallest absolute Gasteiger partial charge is 0.164 e. The van der Waals surface area contributed by atoms with Crippen LogP contribution in [0.1, 0.15) is 5.56 Å². The van der Waals surface area contributed by atoms with E-state index in [1.165, 1.54) is 0 Å². The number of nitrogens with one attached hydrogen (secondary N) is 1. The summed E-state index contributed by atoms with van der Waals surface area (Å²) in [6, 6.07) is 37.8. The second-order valence-corrected chi connectivity index (χ2v) is 7.50. The van der Waals surface area contributed by atoms with Gasteiger partial charge < -0.3 is 4.84 Å². The van der Waals surface area contributed by atoms with Crippen LogP contribution in [-0.2, 0) is 0 Å². The SMILES string of the molecule is C1=Cc2ccccc2ON1.c1ccc(-c2nc(-c3ccccc3)nc(-c3ccccc3)n2)cc1. The molecule has 0 bridgehead atoms. The van der Waals surface area contributed by atoms with Crippen molar-refractivity contribution in [2.45, 2.75) is 0 Å². The second-order valence-electron chi connectivity index (χ2n) is 7.50. The Morgan fingerprint density at radius 2 is 0.882 bits per heavy atom. The third-order valence-electron chi connectivity index (χ3n) is 5.15. The Morgan fingerprint density at radius 3 is 1.32 bits per heavy atom. The zero-order chi connectivity index (χ0) is 23.0. The van der Waals surface area contributed by atoms with Crippen molar-refractivity contribution in [1.82, 2.24) is 20.4 Å². The van der Waals surface area contributed by atoms with Gasteiger partial charge in [0.25, 0.3) is 0 Å². The van der Waals surface area contributed by atoms with Crippen molar-refractivity contribution in [2.75, 3.05) is 0 Å². The zero-order valence-corrected chi connectivity index (χ0v) is 18.4. The summed E-state index contributed by atoms with van der Waals surface area (Å²) in [5.74, 6) is 2.93. The molecule has 0 fully saturated rings. The summed E-state index contributed by atoms with van der Waals surface area (Å²) in [7, 11) is 0. The molecule has 0 atom stereocenters. The number of hydroxylamine groups is 1. The van der Waals surface area contributed by atoms with Crippen LogP contribution in [0.3, 0.4) is 0 Å². The maximum absolute atomic E-state index is 5.09. The topological polar surface area (TPSA) is 59.9 Å². The molecule has 0 saturated heterocycles. The van der Waals surface area contributed by atoms with Crippen molar-refractivity contribution in [3.63, 3.8) is 0 Å². The molecule has 1 aromatic heterocycles. The molecule has 0 radical (unpaired) electrons. The number of hydrogen-bond acceptors (Lipinski definition) is 5. The molecule has 0 spiro atoms. The van der Waals surface area contributed by atoms with Gasteiger partial charge in [-0.05, 0) is 12.1 Å². The van der Waals surface area contributed by atoms with E-state index in [0.29, 0.717) is 17.5 Å². The monoisotopic (exact) mass is 442 g/mol. The molecule has 5 heteroatoms. The fraction of sp³-hybridized carbons (Fsp3) is 0. The van der Waals surface area contributed by atoms with Crippen molar-refractivity contribution in [1.29, 1.82) is 0 Å². The van der Waals surface area contributed by atoms with Gasteiger partial charge in [0.1, 0.15) is 0 Å². The summed E-state index contributed by atoms with van der Waals surface area (Å²) in [5.41, 5.74) is 6.72. The van der Waals surface area contributed by atoms with Crippen LogP contribution in [-0.4, -0.2) is 15.0 Å². The lowest BCUT2D eigenvalue weighted by atomic mass is 10.1. The number of para-hydroxylation sites is 1. The molecule has 5 aromatic rings. The fourth-order valence-corrected chi connectivity index (χ4v) is 3.46. The average molecular weight is 443 g/mol. The van der Waals surface area contributed by atoms with Crippen LogP contribution in [0.2, 0.25) is 0 Å². The molecule has 34 heavy (non-hydrogen) atoms. The number of nitrogens with zero attached hydrogens (tertiary/aromatic N) is 3. The third kappa shape index (κ3) is 5.00. The molecule has 0 saturated carbocycles. The van der Waals surface area contributed by atoms with E-state index < -0.39 is 0 Å². The fourth-order valence-electron chi connectivity index (χ4n) is 3.46. The first-order chi connectivity index (χ1) is 16.9. The summed E-state index contributed by atoms with van der Waals surface area (Å²) < 4.78 is 0. The first kappa shape index (κ1) is 21.1. The van der Waals surface area contributed by atoms with Crippen LogP contribution in [0.25, 0.3) is 40.2 Å². The lowest BCUT2D eigenvalue weighted by Gasteiger charge is -2.11. The van der Waals surface area contributed by atoms with E-state index in [9.17, 15) is 0 Å². The molecule has 0 unspecified atom stereocenters. The first-order valence-corrected chi connectivity index (χ1v) is 11.0. The van der Waals surface area contributed by atoms with E-state index >= 15 is 0 Å². The van der Waals surface area contributed by atoms with Crippen LogP contribution in [0.15, 0.2) is 121 Å². The van der Waals surface area contributed by atoms with Crippen molar-refractivity contribution in [2.24, 2.45) is 0 Å². The molecule has 1 aliphatic heterocycles. The molecule has 6 rings (SSSR count). The average Bonchev–Trinajstić information content (AvgIpc) is 2.95. The van der Waals surface area contributed by atoms with Gasteiger partial charge in [-0.2, -0.15) is 0 Å². The Kier molecular flexibility index (Phi) is 6.35. The van der Waals surface area contributed by atoms with Gasteiger partial charge in [-0.15, -0.1) is 0 Å². The summed E-state index contributed by atoms with van der Waals surface area (Å²) in [5, 5.41) is 0. The van der Waals surface area contributed by atoms with Gasteiger partial charge in [0, 0.05) is 28.5 Å². The third-order valence-corrected chi connectivity index (χ3v) is 5.15. The summed E-state index contributed by atoms with van der Waals surface area (Å²) in [4.78, 5) is 19.1. The van der Waals surface area contributed by atoms with Gasteiger partial charge in [-0.3, -0.25) is 0 Å². The molecule has 1 N–H and O–H groups in total. The molecular weight excluding hydrogens is 420 g/mol. The highest BCUT2D eigenvalue weighted by Crippen LogP contribution is 2.24. The van der Waals surface area contributed by atoms with Crippen molar-refractivity contribution >= 4 is 6.08 Å². The van der Waals surface area contributed by atoms with Crippen LogP contribution in [0.4, 0.5) is 0 Å². The van der Waals surface area contributed by atoms with Crippen LogP contribution >= 0.6 is 0 Å².